The van der Waals surface area contributed by atoms with Gasteiger partial charge in [-0.05, 0) is 74.5 Å². The highest BCUT2D eigenvalue weighted by Gasteiger charge is 2.49. The Morgan fingerprint density at radius 1 is 0.920 bits per heavy atom. The van der Waals surface area contributed by atoms with Crippen LogP contribution in [0.15, 0.2) is 18.2 Å². The van der Waals surface area contributed by atoms with Crippen LogP contribution in [0.1, 0.15) is 63.0 Å². The molecule has 0 unspecified atom stereocenters. The third-order valence-corrected chi connectivity index (χ3v) is 6.81. The summed E-state index contributed by atoms with van der Waals surface area (Å²) in [5, 5.41) is 3.04. The molecule has 4 rings (SSSR count). The molecule has 0 aromatic heterocycles. The Kier molecular flexibility index (Phi) is 4.30. The first-order chi connectivity index (χ1) is 12.0. The third kappa shape index (κ3) is 3.19. The van der Waals surface area contributed by atoms with Gasteiger partial charge in [-0.2, -0.15) is 0 Å². The molecule has 3 fully saturated rings. The minimum atomic E-state index is -0.594. The molecule has 1 aromatic rings. The summed E-state index contributed by atoms with van der Waals surface area (Å²) in [6, 6.07) is 3.22. The summed E-state index contributed by atoms with van der Waals surface area (Å²) < 4.78 is 32.4. The van der Waals surface area contributed by atoms with Crippen molar-refractivity contribution in [2.75, 3.05) is 13.2 Å². The molecular formula is C20H25F2NO2. The van der Waals surface area contributed by atoms with Crippen molar-refractivity contribution in [2.24, 2.45) is 10.8 Å². The minimum absolute atomic E-state index is 0.0651. The highest BCUT2D eigenvalue weighted by Crippen LogP contribution is 2.53. The highest BCUT2D eigenvalue weighted by atomic mass is 19.1. The fourth-order valence-corrected chi connectivity index (χ4v) is 4.98. The van der Waals surface area contributed by atoms with Crippen molar-refractivity contribution >= 4 is 5.91 Å². The van der Waals surface area contributed by atoms with Gasteiger partial charge >= 0.3 is 0 Å². The fourth-order valence-electron chi connectivity index (χ4n) is 4.98. The van der Waals surface area contributed by atoms with Crippen LogP contribution in [-0.4, -0.2) is 19.1 Å². The second-order valence-corrected chi connectivity index (χ2v) is 8.16. The maximum absolute atomic E-state index is 13.5. The number of piperidine rings is 1. The van der Waals surface area contributed by atoms with Gasteiger partial charge in [-0.15, -0.1) is 0 Å². The molecule has 1 aliphatic carbocycles. The maximum atomic E-state index is 13.5. The molecule has 136 valence electrons. The van der Waals surface area contributed by atoms with E-state index in [1.165, 1.54) is 12.1 Å². The van der Waals surface area contributed by atoms with Gasteiger partial charge in [0, 0.05) is 24.7 Å². The van der Waals surface area contributed by atoms with E-state index in [2.05, 4.69) is 5.32 Å². The van der Waals surface area contributed by atoms with Gasteiger partial charge in [0.1, 0.15) is 11.6 Å². The number of hydrogen-bond donors (Lipinski definition) is 1. The zero-order valence-electron chi connectivity index (χ0n) is 14.5. The Bertz CT molecular complexity index is 639. The van der Waals surface area contributed by atoms with E-state index >= 15 is 0 Å². The predicted molar refractivity (Wildman–Crippen MR) is 89.9 cm³/mol. The number of hydrogen-bond acceptors (Lipinski definition) is 2. The summed E-state index contributed by atoms with van der Waals surface area (Å²) in [6.45, 7) is 1.68. The first-order valence-corrected chi connectivity index (χ1v) is 9.35. The molecule has 1 atom stereocenters. The summed E-state index contributed by atoms with van der Waals surface area (Å²) in [4.78, 5) is 12.9. The molecule has 2 aliphatic heterocycles. The van der Waals surface area contributed by atoms with Crippen molar-refractivity contribution in [2.45, 2.75) is 57.4 Å². The molecule has 0 bridgehead atoms. The lowest BCUT2D eigenvalue weighted by molar-refractivity contribution is -0.140. The zero-order valence-corrected chi connectivity index (χ0v) is 14.5. The lowest BCUT2D eigenvalue weighted by Crippen LogP contribution is -2.50. The molecule has 1 N–H and O–H groups in total. The van der Waals surface area contributed by atoms with E-state index in [1.54, 1.807) is 0 Å². The lowest BCUT2D eigenvalue weighted by Gasteiger charge is -2.49. The standard InChI is InChI=1S/C20H25F2NO2/c21-15-11-14(12-16(22)13-15)17-1-2-20(18(24)23-17)5-3-19(4-6-20)7-9-25-10-8-19/h11-13,17H,1-10H2,(H,23,24)/t17-/m0/s1. The van der Waals surface area contributed by atoms with E-state index in [0.717, 1.165) is 70.6 Å². The number of amides is 1. The van der Waals surface area contributed by atoms with Gasteiger partial charge in [0.15, 0.2) is 0 Å². The average molecular weight is 349 g/mol. The van der Waals surface area contributed by atoms with Crippen LogP contribution in [0.2, 0.25) is 0 Å². The molecule has 2 spiro atoms. The Morgan fingerprint density at radius 3 is 2.16 bits per heavy atom. The second-order valence-electron chi connectivity index (χ2n) is 8.16. The molecule has 25 heavy (non-hydrogen) atoms. The lowest BCUT2D eigenvalue weighted by atomic mass is 9.58. The Morgan fingerprint density at radius 2 is 1.56 bits per heavy atom. The van der Waals surface area contributed by atoms with E-state index < -0.39 is 11.6 Å². The van der Waals surface area contributed by atoms with Crippen molar-refractivity contribution in [3.63, 3.8) is 0 Å². The Labute approximate surface area is 147 Å². The molecule has 5 heteroatoms. The van der Waals surface area contributed by atoms with E-state index in [4.69, 9.17) is 4.74 Å². The molecule has 2 heterocycles. The average Bonchev–Trinajstić information content (AvgIpc) is 2.60. The fraction of sp³-hybridized carbons (Fsp3) is 0.650. The van der Waals surface area contributed by atoms with Gasteiger partial charge in [-0.25, -0.2) is 8.78 Å². The highest BCUT2D eigenvalue weighted by molar-refractivity contribution is 5.84. The van der Waals surface area contributed by atoms with Crippen molar-refractivity contribution < 1.29 is 18.3 Å². The first kappa shape index (κ1) is 17.0. The van der Waals surface area contributed by atoms with E-state index in [-0.39, 0.29) is 17.4 Å². The Hall–Kier alpha value is -1.49. The number of rotatable bonds is 1. The number of nitrogens with one attached hydrogen (secondary N) is 1. The number of ether oxygens (including phenoxy) is 1. The largest absolute Gasteiger partial charge is 0.381 e. The molecule has 3 nitrogen and oxygen atoms in total. The Balaban J connectivity index is 1.44. The molecular weight excluding hydrogens is 324 g/mol. The number of carbonyl (C=O) groups excluding carboxylic acids is 1. The summed E-state index contributed by atoms with van der Waals surface area (Å²) in [6.07, 6.45) is 7.77. The normalized spacial score (nSPS) is 28.1. The van der Waals surface area contributed by atoms with Gasteiger partial charge in [-0.3, -0.25) is 4.79 Å². The zero-order chi connectivity index (χ0) is 17.5. The van der Waals surface area contributed by atoms with Crippen molar-refractivity contribution in [1.29, 1.82) is 0 Å². The van der Waals surface area contributed by atoms with Crippen molar-refractivity contribution in [3.05, 3.63) is 35.4 Å². The van der Waals surface area contributed by atoms with Crippen LogP contribution in [0.25, 0.3) is 0 Å². The molecule has 1 saturated carbocycles. The summed E-state index contributed by atoms with van der Waals surface area (Å²) in [5.74, 6) is -1.12. The predicted octanol–water partition coefficient (Wildman–Crippen LogP) is 4.27. The number of carbonyl (C=O) groups is 1. The number of benzene rings is 1. The van der Waals surface area contributed by atoms with Crippen molar-refractivity contribution in [1.82, 2.24) is 5.32 Å². The third-order valence-electron chi connectivity index (χ3n) is 6.81. The first-order valence-electron chi connectivity index (χ1n) is 9.35. The molecule has 3 aliphatic rings. The SMILES string of the molecule is O=C1N[C@H](c2cc(F)cc(F)c2)CCC12CCC1(CCOCC1)CC2. The molecule has 2 saturated heterocycles. The minimum Gasteiger partial charge on any atom is -0.381 e. The van der Waals surface area contributed by atoms with Crippen molar-refractivity contribution in [3.8, 4) is 0 Å². The molecule has 1 amide bonds. The molecule has 1 aromatic carbocycles. The quantitative estimate of drug-likeness (QED) is 0.822. The topological polar surface area (TPSA) is 38.3 Å². The van der Waals surface area contributed by atoms with Gasteiger partial charge in [0.25, 0.3) is 0 Å². The van der Waals surface area contributed by atoms with Crippen LogP contribution >= 0.6 is 0 Å². The monoisotopic (exact) mass is 349 g/mol. The summed E-state index contributed by atoms with van der Waals surface area (Å²) >= 11 is 0. The van der Waals surface area contributed by atoms with Gasteiger partial charge in [0.2, 0.25) is 5.91 Å². The van der Waals surface area contributed by atoms with Crippen LogP contribution < -0.4 is 5.32 Å². The van der Waals surface area contributed by atoms with E-state index in [0.29, 0.717) is 11.0 Å². The van der Waals surface area contributed by atoms with Crippen LogP contribution in [0.3, 0.4) is 0 Å². The summed E-state index contributed by atoms with van der Waals surface area (Å²) in [5.41, 5.74) is 0.607. The van der Waals surface area contributed by atoms with Crippen LogP contribution in [0.4, 0.5) is 8.78 Å². The molecule has 0 radical (unpaired) electrons. The van der Waals surface area contributed by atoms with E-state index in [9.17, 15) is 13.6 Å². The van der Waals surface area contributed by atoms with Crippen LogP contribution in [0, 0.1) is 22.5 Å². The second kappa shape index (κ2) is 6.35. The van der Waals surface area contributed by atoms with Crippen LogP contribution in [-0.2, 0) is 9.53 Å². The number of halogens is 2. The smallest absolute Gasteiger partial charge is 0.226 e. The van der Waals surface area contributed by atoms with E-state index in [1.807, 2.05) is 0 Å². The van der Waals surface area contributed by atoms with Gasteiger partial charge < -0.3 is 10.1 Å². The van der Waals surface area contributed by atoms with Crippen LogP contribution in [0.5, 0.6) is 0 Å². The maximum Gasteiger partial charge on any atom is 0.226 e. The van der Waals surface area contributed by atoms with Gasteiger partial charge in [0.05, 0.1) is 6.04 Å². The summed E-state index contributed by atoms with van der Waals surface area (Å²) in [7, 11) is 0. The van der Waals surface area contributed by atoms with Gasteiger partial charge in [-0.1, -0.05) is 0 Å².